The minimum atomic E-state index is 0.0369. The Balaban J connectivity index is 2.56. The third-order valence-corrected chi connectivity index (χ3v) is 3.28. The number of hydrogen-bond acceptors (Lipinski definition) is 2. The highest BCUT2D eigenvalue weighted by molar-refractivity contribution is 9.11. The molecule has 4 heteroatoms. The van der Waals surface area contributed by atoms with Crippen molar-refractivity contribution in [2.45, 2.75) is 13.5 Å². The molecule has 1 heterocycles. The molecule has 0 fully saturated rings. The second-order valence-electron chi connectivity index (χ2n) is 2.95. The molecule has 0 unspecified atom stereocenters. The molecule has 0 bridgehead atoms. The van der Waals surface area contributed by atoms with Gasteiger partial charge in [0.05, 0.1) is 3.79 Å². The van der Waals surface area contributed by atoms with Crippen molar-refractivity contribution in [3.8, 4) is 0 Å². The van der Waals surface area contributed by atoms with Crippen LogP contribution in [-0.2, 0) is 11.3 Å². The Bertz CT molecular complexity index is 346. The van der Waals surface area contributed by atoms with Gasteiger partial charge in [0.1, 0.15) is 0 Å². The Labute approximate surface area is 96.4 Å². The molecule has 0 saturated heterocycles. The summed E-state index contributed by atoms with van der Waals surface area (Å²) in [4.78, 5) is 13.1. The number of likely N-dealkylation sites (N-methyl/N-ethyl adjacent to an activating group) is 1. The van der Waals surface area contributed by atoms with Gasteiger partial charge in [0, 0.05) is 13.6 Å². The van der Waals surface area contributed by atoms with E-state index in [1.165, 1.54) is 0 Å². The number of nitrogens with zero attached hydrogens (tertiary/aromatic N) is 1. The second-order valence-corrected chi connectivity index (χ2v) is 5.24. The molecule has 14 heavy (non-hydrogen) atoms. The lowest BCUT2D eigenvalue weighted by Gasteiger charge is -2.13. The number of hydrogen-bond donors (Lipinski definition) is 0. The predicted octanol–water partition coefficient (Wildman–Crippen LogP) is 3.05. The van der Waals surface area contributed by atoms with Gasteiger partial charge in [0.15, 0.2) is 0 Å². The molecule has 0 radical (unpaired) electrons. The molecular weight excluding hydrogens is 262 g/mol. The van der Waals surface area contributed by atoms with Crippen LogP contribution in [0.25, 0.3) is 0 Å². The zero-order chi connectivity index (χ0) is 10.6. The molecule has 1 amide bonds. The van der Waals surface area contributed by atoms with Gasteiger partial charge in [-0.05, 0) is 45.9 Å². The van der Waals surface area contributed by atoms with Crippen LogP contribution in [0.15, 0.2) is 27.4 Å². The molecule has 2 nitrogen and oxygen atoms in total. The van der Waals surface area contributed by atoms with E-state index in [0.717, 1.165) is 9.35 Å². The SMILES string of the molecule is CC=CC(=O)N(C)Cc1csc(Br)c1. The summed E-state index contributed by atoms with van der Waals surface area (Å²) >= 11 is 5.02. The molecule has 0 N–H and O–H groups in total. The van der Waals surface area contributed by atoms with Crippen molar-refractivity contribution in [2.24, 2.45) is 0 Å². The lowest BCUT2D eigenvalue weighted by Crippen LogP contribution is -2.23. The van der Waals surface area contributed by atoms with Crippen molar-refractivity contribution in [3.05, 3.63) is 32.9 Å². The lowest BCUT2D eigenvalue weighted by molar-refractivity contribution is -0.125. The van der Waals surface area contributed by atoms with E-state index in [1.807, 2.05) is 18.4 Å². The fourth-order valence-electron chi connectivity index (χ4n) is 1.05. The van der Waals surface area contributed by atoms with E-state index in [1.54, 1.807) is 35.4 Å². The van der Waals surface area contributed by atoms with Crippen LogP contribution in [0.3, 0.4) is 0 Å². The van der Waals surface area contributed by atoms with Crippen LogP contribution < -0.4 is 0 Å². The zero-order valence-corrected chi connectivity index (χ0v) is 10.6. The van der Waals surface area contributed by atoms with Crippen LogP contribution in [-0.4, -0.2) is 17.9 Å². The Kier molecular flexibility index (Phi) is 4.35. The minimum absolute atomic E-state index is 0.0369. The minimum Gasteiger partial charge on any atom is -0.338 e. The standard InChI is InChI=1S/C10H12BrNOS/c1-3-4-10(13)12(2)6-8-5-9(11)14-7-8/h3-5,7H,6H2,1-2H3. The number of halogens is 1. The smallest absolute Gasteiger partial charge is 0.246 e. The van der Waals surface area contributed by atoms with Crippen LogP contribution >= 0.6 is 27.3 Å². The zero-order valence-electron chi connectivity index (χ0n) is 8.16. The van der Waals surface area contributed by atoms with E-state index in [-0.39, 0.29) is 5.91 Å². The van der Waals surface area contributed by atoms with Gasteiger partial charge in [-0.1, -0.05) is 6.08 Å². The third-order valence-electron chi connectivity index (χ3n) is 1.73. The van der Waals surface area contributed by atoms with Crippen molar-refractivity contribution in [3.63, 3.8) is 0 Å². The maximum atomic E-state index is 11.4. The van der Waals surface area contributed by atoms with E-state index < -0.39 is 0 Å². The molecule has 1 aromatic rings. The maximum Gasteiger partial charge on any atom is 0.246 e. The highest BCUT2D eigenvalue weighted by Gasteiger charge is 2.06. The number of carbonyl (C=O) groups is 1. The van der Waals surface area contributed by atoms with Crippen molar-refractivity contribution >= 4 is 33.2 Å². The lowest BCUT2D eigenvalue weighted by atomic mass is 10.3. The van der Waals surface area contributed by atoms with E-state index >= 15 is 0 Å². The first kappa shape index (κ1) is 11.5. The van der Waals surface area contributed by atoms with Gasteiger partial charge < -0.3 is 4.90 Å². The summed E-state index contributed by atoms with van der Waals surface area (Å²) in [6.45, 7) is 2.50. The van der Waals surface area contributed by atoms with Gasteiger partial charge in [0.2, 0.25) is 5.91 Å². The fraction of sp³-hybridized carbons (Fsp3) is 0.300. The molecule has 0 spiro atoms. The van der Waals surface area contributed by atoms with Crippen molar-refractivity contribution in [1.82, 2.24) is 4.90 Å². The first-order valence-electron chi connectivity index (χ1n) is 4.24. The Morgan fingerprint density at radius 1 is 1.71 bits per heavy atom. The molecule has 1 aromatic heterocycles. The van der Waals surface area contributed by atoms with Crippen LogP contribution in [0.5, 0.6) is 0 Å². The van der Waals surface area contributed by atoms with Crippen LogP contribution in [0.4, 0.5) is 0 Å². The number of rotatable bonds is 3. The average Bonchev–Trinajstić information content (AvgIpc) is 2.51. The van der Waals surface area contributed by atoms with Crippen LogP contribution in [0.2, 0.25) is 0 Å². The van der Waals surface area contributed by atoms with Crippen LogP contribution in [0.1, 0.15) is 12.5 Å². The first-order valence-corrected chi connectivity index (χ1v) is 5.91. The van der Waals surface area contributed by atoms with E-state index in [2.05, 4.69) is 15.9 Å². The monoisotopic (exact) mass is 273 g/mol. The maximum absolute atomic E-state index is 11.4. The second kappa shape index (κ2) is 5.32. The topological polar surface area (TPSA) is 20.3 Å². The average molecular weight is 274 g/mol. The van der Waals surface area contributed by atoms with Gasteiger partial charge in [-0.3, -0.25) is 4.79 Å². The summed E-state index contributed by atoms with van der Waals surface area (Å²) in [7, 11) is 1.80. The molecule has 0 aliphatic heterocycles. The Morgan fingerprint density at radius 2 is 2.43 bits per heavy atom. The summed E-state index contributed by atoms with van der Waals surface area (Å²) in [5.41, 5.74) is 1.15. The fourth-order valence-corrected chi connectivity index (χ4v) is 2.25. The summed E-state index contributed by atoms with van der Waals surface area (Å²) < 4.78 is 1.10. The number of carbonyl (C=O) groups excluding carboxylic acids is 1. The largest absolute Gasteiger partial charge is 0.338 e. The van der Waals surface area contributed by atoms with Crippen molar-refractivity contribution < 1.29 is 4.79 Å². The highest BCUT2D eigenvalue weighted by Crippen LogP contribution is 2.21. The normalized spacial score (nSPS) is 10.8. The van der Waals surface area contributed by atoms with Gasteiger partial charge in [-0.25, -0.2) is 0 Å². The van der Waals surface area contributed by atoms with Crippen molar-refractivity contribution in [2.75, 3.05) is 7.05 Å². The molecule has 0 aromatic carbocycles. The summed E-state index contributed by atoms with van der Waals surface area (Å²) in [6.07, 6.45) is 3.32. The van der Waals surface area contributed by atoms with Gasteiger partial charge >= 0.3 is 0 Å². The molecule has 76 valence electrons. The molecule has 1 rings (SSSR count). The number of allylic oxidation sites excluding steroid dienone is 1. The summed E-state index contributed by atoms with van der Waals surface area (Å²) in [5.74, 6) is 0.0369. The Morgan fingerprint density at radius 3 is 2.93 bits per heavy atom. The molecule has 0 saturated carbocycles. The number of thiophene rings is 1. The first-order chi connectivity index (χ1) is 6.63. The molecular formula is C10H12BrNOS. The van der Waals surface area contributed by atoms with Gasteiger partial charge in [-0.15, -0.1) is 11.3 Å². The molecule has 0 aliphatic carbocycles. The van der Waals surface area contributed by atoms with Gasteiger partial charge in [0.25, 0.3) is 0 Å². The van der Waals surface area contributed by atoms with Gasteiger partial charge in [-0.2, -0.15) is 0 Å². The summed E-state index contributed by atoms with van der Waals surface area (Å²) in [5, 5.41) is 2.05. The third kappa shape index (κ3) is 3.27. The Hall–Kier alpha value is -0.610. The number of amides is 1. The summed E-state index contributed by atoms with van der Waals surface area (Å²) in [6, 6.07) is 2.03. The molecule has 0 aliphatic rings. The highest BCUT2D eigenvalue weighted by atomic mass is 79.9. The van der Waals surface area contributed by atoms with Crippen molar-refractivity contribution in [1.29, 1.82) is 0 Å². The van der Waals surface area contributed by atoms with Crippen LogP contribution in [0, 0.1) is 0 Å². The van der Waals surface area contributed by atoms with E-state index in [0.29, 0.717) is 6.54 Å². The predicted molar refractivity (Wildman–Crippen MR) is 63.3 cm³/mol. The molecule has 0 atom stereocenters. The van der Waals surface area contributed by atoms with E-state index in [9.17, 15) is 4.79 Å². The quantitative estimate of drug-likeness (QED) is 0.776. The van der Waals surface area contributed by atoms with E-state index in [4.69, 9.17) is 0 Å².